The van der Waals surface area contributed by atoms with E-state index < -0.39 is 0 Å². The number of hydrogen-bond donors (Lipinski definition) is 2. The summed E-state index contributed by atoms with van der Waals surface area (Å²) in [6.45, 7) is 1.21. The number of aromatic nitrogens is 1. The van der Waals surface area contributed by atoms with Crippen molar-refractivity contribution in [1.82, 2.24) is 9.88 Å². The van der Waals surface area contributed by atoms with Crippen LogP contribution in [0.4, 0.5) is 0 Å². The fourth-order valence-corrected chi connectivity index (χ4v) is 3.71. The number of fused-ring (bicyclic) bond motifs is 1. The van der Waals surface area contributed by atoms with E-state index in [2.05, 4.69) is 47.4 Å². The van der Waals surface area contributed by atoms with Gasteiger partial charge in [0.15, 0.2) is 0 Å². The largest absolute Gasteiger partial charge is 0.396 e. The van der Waals surface area contributed by atoms with Gasteiger partial charge in [-0.3, -0.25) is 4.90 Å². The van der Waals surface area contributed by atoms with Crippen molar-refractivity contribution in [3.05, 3.63) is 41.1 Å². The first-order valence-corrected chi connectivity index (χ1v) is 6.89. The molecule has 2 atom stereocenters. The fraction of sp³-hybridized carbons (Fsp3) is 0.375. The summed E-state index contributed by atoms with van der Waals surface area (Å²) in [6.07, 6.45) is 5.49. The van der Waals surface area contributed by atoms with Gasteiger partial charge in [-0.05, 0) is 36.2 Å². The highest BCUT2D eigenvalue weighted by Crippen LogP contribution is 2.37. The third kappa shape index (κ3) is 1.52. The molecule has 0 amide bonds. The number of H-pyrrole nitrogens is 1. The molecule has 2 N–H and O–H groups in total. The lowest BCUT2D eigenvalue weighted by Crippen LogP contribution is -2.27. The van der Waals surface area contributed by atoms with Crippen LogP contribution in [0.2, 0.25) is 0 Å². The van der Waals surface area contributed by atoms with Gasteiger partial charge in [0.25, 0.3) is 0 Å². The topological polar surface area (TPSA) is 39.3 Å². The summed E-state index contributed by atoms with van der Waals surface area (Å²) in [4.78, 5) is 5.74. The third-order valence-electron chi connectivity index (χ3n) is 4.67. The molecule has 3 nitrogen and oxygen atoms in total. The molecule has 1 saturated heterocycles. The lowest BCUT2D eigenvalue weighted by Gasteiger charge is -2.19. The van der Waals surface area contributed by atoms with E-state index >= 15 is 0 Å². The van der Waals surface area contributed by atoms with Crippen molar-refractivity contribution in [2.24, 2.45) is 5.92 Å². The Kier molecular flexibility index (Phi) is 2.34. The molecule has 4 rings (SSSR count). The average Bonchev–Trinajstić information content (AvgIpc) is 2.89. The molecule has 1 aliphatic carbocycles. The zero-order valence-electron chi connectivity index (χ0n) is 11.1. The highest BCUT2D eigenvalue weighted by Gasteiger charge is 2.36. The standard InChI is InChI=1S/C16H18N2O/c1-18-8-12(9-19)13-5-10-3-2-4-14-16(10)11(7-17-14)6-15(13)18/h2-5,7,12,15,17,19H,6,8-9H2,1H3/t12-,15-/m1/s1. The van der Waals surface area contributed by atoms with Gasteiger partial charge in [0.05, 0.1) is 6.61 Å². The Morgan fingerprint density at radius 1 is 1.42 bits per heavy atom. The lowest BCUT2D eigenvalue weighted by atomic mass is 9.95. The number of nitrogens with zero attached hydrogens (tertiary/aromatic N) is 1. The van der Waals surface area contributed by atoms with E-state index in [1.54, 1.807) is 0 Å². The zero-order chi connectivity index (χ0) is 13.0. The van der Waals surface area contributed by atoms with Crippen LogP contribution in [0.15, 0.2) is 30.0 Å². The van der Waals surface area contributed by atoms with Crippen molar-refractivity contribution in [1.29, 1.82) is 0 Å². The summed E-state index contributed by atoms with van der Waals surface area (Å²) in [7, 11) is 2.16. The number of nitrogens with one attached hydrogen (secondary N) is 1. The molecule has 2 heterocycles. The van der Waals surface area contributed by atoms with Crippen molar-refractivity contribution < 1.29 is 5.11 Å². The highest BCUT2D eigenvalue weighted by atomic mass is 16.3. The molecule has 1 aliphatic heterocycles. The van der Waals surface area contributed by atoms with E-state index in [0.717, 1.165) is 13.0 Å². The summed E-state index contributed by atoms with van der Waals surface area (Å²) in [5.41, 5.74) is 5.30. The van der Waals surface area contributed by atoms with Crippen LogP contribution in [0.25, 0.3) is 17.0 Å². The van der Waals surface area contributed by atoms with Gasteiger partial charge in [-0.15, -0.1) is 0 Å². The minimum atomic E-state index is 0.249. The number of likely N-dealkylation sites (tertiary alicyclic amines) is 1. The first-order chi connectivity index (χ1) is 9.28. The minimum absolute atomic E-state index is 0.249. The van der Waals surface area contributed by atoms with Crippen molar-refractivity contribution in [2.75, 3.05) is 20.2 Å². The van der Waals surface area contributed by atoms with E-state index in [-0.39, 0.29) is 6.61 Å². The molecule has 3 heteroatoms. The first-order valence-electron chi connectivity index (χ1n) is 6.89. The van der Waals surface area contributed by atoms with Crippen LogP contribution >= 0.6 is 0 Å². The molecule has 1 aromatic carbocycles. The zero-order valence-corrected chi connectivity index (χ0v) is 11.1. The smallest absolute Gasteiger partial charge is 0.0509 e. The minimum Gasteiger partial charge on any atom is -0.396 e. The molecule has 1 fully saturated rings. The highest BCUT2D eigenvalue weighted by molar-refractivity contribution is 5.93. The third-order valence-corrected chi connectivity index (χ3v) is 4.67. The molecule has 0 spiro atoms. The average molecular weight is 254 g/mol. The molecule has 0 radical (unpaired) electrons. The molecular formula is C16H18N2O. The van der Waals surface area contributed by atoms with Gasteiger partial charge in [-0.1, -0.05) is 18.2 Å². The van der Waals surface area contributed by atoms with Crippen LogP contribution in [0.1, 0.15) is 11.1 Å². The molecule has 2 aliphatic rings. The van der Waals surface area contributed by atoms with Crippen LogP contribution in [0, 0.1) is 5.92 Å². The summed E-state index contributed by atoms with van der Waals surface area (Å²) in [5, 5.41) is 11.0. The van der Waals surface area contributed by atoms with Crippen LogP contribution in [-0.2, 0) is 6.42 Å². The molecule has 1 aromatic heterocycles. The van der Waals surface area contributed by atoms with Crippen molar-refractivity contribution in [3.63, 3.8) is 0 Å². The first kappa shape index (κ1) is 11.3. The number of aliphatic hydroxyl groups is 1. The summed E-state index contributed by atoms with van der Waals surface area (Å²) in [6, 6.07) is 6.85. The molecule has 0 saturated carbocycles. The summed E-state index contributed by atoms with van der Waals surface area (Å²) < 4.78 is 0. The predicted octanol–water partition coefficient (Wildman–Crippen LogP) is 2.03. The van der Waals surface area contributed by atoms with Crippen LogP contribution < -0.4 is 0 Å². The van der Waals surface area contributed by atoms with Gasteiger partial charge in [-0.25, -0.2) is 0 Å². The molecule has 2 aromatic rings. The number of aliphatic hydroxyl groups excluding tert-OH is 1. The monoisotopic (exact) mass is 254 g/mol. The van der Waals surface area contributed by atoms with Gasteiger partial charge in [-0.2, -0.15) is 0 Å². The van der Waals surface area contributed by atoms with Gasteiger partial charge >= 0.3 is 0 Å². The fourth-order valence-electron chi connectivity index (χ4n) is 3.71. The molecule has 0 unspecified atom stereocenters. The maximum absolute atomic E-state index is 9.60. The number of benzene rings is 1. The SMILES string of the molecule is CN1C[C@H](CO)C2=Cc3cccc4[nH]cc(c34)C[C@H]21. The van der Waals surface area contributed by atoms with Crippen LogP contribution in [-0.4, -0.2) is 41.2 Å². The Balaban J connectivity index is 1.95. The number of aromatic amines is 1. The predicted molar refractivity (Wildman–Crippen MR) is 77.0 cm³/mol. The van der Waals surface area contributed by atoms with Crippen molar-refractivity contribution >= 4 is 17.0 Å². The van der Waals surface area contributed by atoms with Crippen molar-refractivity contribution in [3.8, 4) is 0 Å². The maximum atomic E-state index is 9.60. The van der Waals surface area contributed by atoms with Crippen LogP contribution in [0.5, 0.6) is 0 Å². The van der Waals surface area contributed by atoms with Gasteiger partial charge in [0.1, 0.15) is 0 Å². The van der Waals surface area contributed by atoms with E-state index in [1.165, 1.54) is 27.6 Å². The van der Waals surface area contributed by atoms with Gasteiger partial charge in [0.2, 0.25) is 0 Å². The van der Waals surface area contributed by atoms with E-state index in [4.69, 9.17) is 0 Å². The Morgan fingerprint density at radius 3 is 3.16 bits per heavy atom. The summed E-state index contributed by atoms with van der Waals surface area (Å²) in [5.74, 6) is 0.290. The summed E-state index contributed by atoms with van der Waals surface area (Å²) >= 11 is 0. The van der Waals surface area contributed by atoms with Crippen LogP contribution in [0.3, 0.4) is 0 Å². The second-order valence-corrected chi connectivity index (χ2v) is 5.77. The second-order valence-electron chi connectivity index (χ2n) is 5.77. The number of likely N-dealkylation sites (N-methyl/N-ethyl adjacent to an activating group) is 1. The molecule has 0 bridgehead atoms. The molecular weight excluding hydrogens is 236 g/mol. The number of rotatable bonds is 1. The van der Waals surface area contributed by atoms with E-state index in [1.807, 2.05) is 0 Å². The second kappa shape index (κ2) is 3.95. The molecule has 19 heavy (non-hydrogen) atoms. The maximum Gasteiger partial charge on any atom is 0.0509 e. The van der Waals surface area contributed by atoms with Gasteiger partial charge < -0.3 is 10.1 Å². The van der Waals surface area contributed by atoms with Gasteiger partial charge in [0, 0.05) is 35.6 Å². The molecule has 98 valence electrons. The van der Waals surface area contributed by atoms with E-state index in [0.29, 0.717) is 12.0 Å². The normalized spacial score (nSPS) is 26.3. The Hall–Kier alpha value is -1.58. The quantitative estimate of drug-likeness (QED) is 0.817. The Morgan fingerprint density at radius 2 is 2.32 bits per heavy atom. The number of hydrogen-bond acceptors (Lipinski definition) is 2. The van der Waals surface area contributed by atoms with E-state index in [9.17, 15) is 5.11 Å². The van der Waals surface area contributed by atoms with Crippen molar-refractivity contribution in [2.45, 2.75) is 12.5 Å². The Labute approximate surface area is 112 Å². The lowest BCUT2D eigenvalue weighted by molar-refractivity contribution is 0.235. The Bertz CT molecular complexity index is 670.